The van der Waals surface area contributed by atoms with Gasteiger partial charge in [0, 0.05) is 17.3 Å². The first kappa shape index (κ1) is 13.3. The van der Waals surface area contributed by atoms with Crippen LogP contribution in [0.15, 0.2) is 16.5 Å². The monoisotopic (exact) mass is 264 g/mol. The fourth-order valence-electron chi connectivity index (χ4n) is 2.09. The van der Waals surface area contributed by atoms with Gasteiger partial charge in [0.25, 0.3) is 0 Å². The van der Waals surface area contributed by atoms with E-state index in [1.807, 2.05) is 19.1 Å². The number of nitrogens with zero attached hydrogens (tertiary/aromatic N) is 1. The molecule has 0 saturated heterocycles. The van der Waals surface area contributed by atoms with Crippen LogP contribution in [0.4, 0.5) is 0 Å². The predicted octanol–water partition coefficient (Wildman–Crippen LogP) is 3.72. The van der Waals surface area contributed by atoms with E-state index >= 15 is 0 Å². The Bertz CT molecular complexity index is 528. The third-order valence-corrected chi connectivity index (χ3v) is 4.48. The van der Waals surface area contributed by atoms with Crippen molar-refractivity contribution in [2.75, 3.05) is 6.54 Å². The molecular formula is C14H20N2OS. The number of furan rings is 1. The van der Waals surface area contributed by atoms with Gasteiger partial charge in [-0.3, -0.25) is 0 Å². The maximum Gasteiger partial charge on any atom is 0.162 e. The molecule has 0 bridgehead atoms. The SMILES string of the molecule is Cc1ccc(-c2nc(C)c(C(CN)C(C)C)s2)o1. The minimum Gasteiger partial charge on any atom is -0.459 e. The topological polar surface area (TPSA) is 52.0 Å². The zero-order valence-electron chi connectivity index (χ0n) is 11.4. The number of nitrogens with two attached hydrogens (primary N) is 1. The van der Waals surface area contributed by atoms with Crippen molar-refractivity contribution in [1.29, 1.82) is 0 Å². The number of aryl methyl sites for hydroxylation is 2. The summed E-state index contributed by atoms with van der Waals surface area (Å²) < 4.78 is 5.63. The van der Waals surface area contributed by atoms with Gasteiger partial charge in [-0.25, -0.2) is 4.98 Å². The Balaban J connectivity index is 2.37. The van der Waals surface area contributed by atoms with E-state index in [4.69, 9.17) is 10.2 Å². The van der Waals surface area contributed by atoms with Crippen LogP contribution in [0.5, 0.6) is 0 Å². The van der Waals surface area contributed by atoms with E-state index in [1.165, 1.54) is 4.88 Å². The second-order valence-electron chi connectivity index (χ2n) is 4.97. The van der Waals surface area contributed by atoms with Crippen molar-refractivity contribution in [2.24, 2.45) is 11.7 Å². The van der Waals surface area contributed by atoms with Gasteiger partial charge in [0.15, 0.2) is 10.8 Å². The van der Waals surface area contributed by atoms with Gasteiger partial charge in [-0.1, -0.05) is 13.8 Å². The summed E-state index contributed by atoms with van der Waals surface area (Å²) in [5.41, 5.74) is 6.96. The molecule has 1 atom stereocenters. The minimum absolute atomic E-state index is 0.382. The van der Waals surface area contributed by atoms with Crippen molar-refractivity contribution in [2.45, 2.75) is 33.6 Å². The molecule has 0 spiro atoms. The van der Waals surface area contributed by atoms with Crippen molar-refractivity contribution >= 4 is 11.3 Å². The lowest BCUT2D eigenvalue weighted by atomic mass is 9.94. The van der Waals surface area contributed by atoms with Crippen LogP contribution in [-0.4, -0.2) is 11.5 Å². The normalized spacial score (nSPS) is 13.2. The third-order valence-electron chi connectivity index (χ3n) is 3.18. The van der Waals surface area contributed by atoms with Gasteiger partial charge in [0.2, 0.25) is 0 Å². The second kappa shape index (κ2) is 5.24. The van der Waals surface area contributed by atoms with Gasteiger partial charge >= 0.3 is 0 Å². The first-order chi connectivity index (χ1) is 8.52. The van der Waals surface area contributed by atoms with Gasteiger partial charge < -0.3 is 10.2 Å². The molecule has 1 unspecified atom stereocenters. The number of aromatic nitrogens is 1. The molecule has 0 amide bonds. The molecular weight excluding hydrogens is 244 g/mol. The molecule has 18 heavy (non-hydrogen) atoms. The summed E-state index contributed by atoms with van der Waals surface area (Å²) in [5, 5.41) is 0.953. The highest BCUT2D eigenvalue weighted by Crippen LogP contribution is 2.36. The summed E-state index contributed by atoms with van der Waals surface area (Å²) in [4.78, 5) is 5.90. The Morgan fingerprint density at radius 1 is 1.33 bits per heavy atom. The number of hydrogen-bond acceptors (Lipinski definition) is 4. The zero-order valence-corrected chi connectivity index (χ0v) is 12.2. The maximum atomic E-state index is 5.88. The molecule has 2 aromatic rings. The van der Waals surface area contributed by atoms with Crippen LogP contribution in [0.25, 0.3) is 10.8 Å². The molecule has 2 aromatic heterocycles. The average Bonchev–Trinajstić information content (AvgIpc) is 2.87. The summed E-state index contributed by atoms with van der Waals surface area (Å²) in [5.74, 6) is 2.68. The lowest BCUT2D eigenvalue weighted by Gasteiger charge is -2.17. The van der Waals surface area contributed by atoms with Crippen LogP contribution in [-0.2, 0) is 0 Å². The molecule has 0 fully saturated rings. The van der Waals surface area contributed by atoms with E-state index in [0.717, 1.165) is 22.2 Å². The van der Waals surface area contributed by atoms with Gasteiger partial charge in [0.1, 0.15) is 5.76 Å². The predicted molar refractivity (Wildman–Crippen MR) is 75.9 cm³/mol. The van der Waals surface area contributed by atoms with E-state index < -0.39 is 0 Å². The lowest BCUT2D eigenvalue weighted by Crippen LogP contribution is -2.17. The standard InChI is InChI=1S/C14H20N2OS/c1-8(2)11(7-15)13-10(4)16-14(18-13)12-6-5-9(3)17-12/h5-6,8,11H,7,15H2,1-4H3. The molecule has 0 aromatic carbocycles. The quantitative estimate of drug-likeness (QED) is 0.915. The molecule has 0 aliphatic heterocycles. The molecule has 4 heteroatoms. The number of thiazole rings is 1. The van der Waals surface area contributed by atoms with Crippen LogP contribution in [0, 0.1) is 19.8 Å². The third kappa shape index (κ3) is 2.49. The molecule has 0 aliphatic carbocycles. The van der Waals surface area contributed by atoms with Crippen LogP contribution < -0.4 is 5.73 Å². The highest BCUT2D eigenvalue weighted by molar-refractivity contribution is 7.15. The van der Waals surface area contributed by atoms with Crippen LogP contribution >= 0.6 is 11.3 Å². The Kier molecular flexibility index (Phi) is 3.88. The highest BCUT2D eigenvalue weighted by atomic mass is 32.1. The Morgan fingerprint density at radius 3 is 2.56 bits per heavy atom. The molecule has 0 saturated carbocycles. The van der Waals surface area contributed by atoms with E-state index in [2.05, 4.69) is 25.8 Å². The number of hydrogen-bond donors (Lipinski definition) is 1. The van der Waals surface area contributed by atoms with E-state index in [-0.39, 0.29) is 0 Å². The zero-order chi connectivity index (χ0) is 13.3. The summed E-state index contributed by atoms with van der Waals surface area (Å²) in [6, 6.07) is 3.94. The molecule has 2 heterocycles. The minimum atomic E-state index is 0.382. The van der Waals surface area contributed by atoms with Crippen molar-refractivity contribution in [3.8, 4) is 10.8 Å². The summed E-state index contributed by atoms with van der Waals surface area (Å²) in [6.07, 6.45) is 0. The van der Waals surface area contributed by atoms with Crippen molar-refractivity contribution in [3.63, 3.8) is 0 Å². The van der Waals surface area contributed by atoms with E-state index in [0.29, 0.717) is 18.4 Å². The average molecular weight is 264 g/mol. The molecule has 2 N–H and O–H groups in total. The molecule has 0 radical (unpaired) electrons. The highest BCUT2D eigenvalue weighted by Gasteiger charge is 2.21. The van der Waals surface area contributed by atoms with Crippen LogP contribution in [0.3, 0.4) is 0 Å². The van der Waals surface area contributed by atoms with Gasteiger partial charge in [0.05, 0.1) is 5.69 Å². The van der Waals surface area contributed by atoms with Crippen LogP contribution in [0.2, 0.25) is 0 Å². The first-order valence-electron chi connectivity index (χ1n) is 6.27. The smallest absolute Gasteiger partial charge is 0.162 e. The summed E-state index contributed by atoms with van der Waals surface area (Å²) in [6.45, 7) is 9.07. The Morgan fingerprint density at radius 2 is 2.06 bits per heavy atom. The fraction of sp³-hybridized carbons (Fsp3) is 0.500. The lowest BCUT2D eigenvalue weighted by molar-refractivity contribution is 0.510. The van der Waals surface area contributed by atoms with E-state index in [1.54, 1.807) is 11.3 Å². The Hall–Kier alpha value is -1.13. The molecule has 98 valence electrons. The Labute approximate surface area is 112 Å². The van der Waals surface area contributed by atoms with Crippen LogP contribution in [0.1, 0.15) is 36.1 Å². The number of rotatable bonds is 4. The molecule has 0 aliphatic rings. The second-order valence-corrected chi connectivity index (χ2v) is 6.00. The molecule has 3 nitrogen and oxygen atoms in total. The van der Waals surface area contributed by atoms with Gasteiger partial charge in [-0.05, 0) is 31.9 Å². The van der Waals surface area contributed by atoms with Gasteiger partial charge in [-0.2, -0.15) is 0 Å². The van der Waals surface area contributed by atoms with Crippen molar-refractivity contribution in [3.05, 3.63) is 28.5 Å². The molecule has 2 rings (SSSR count). The fourth-order valence-corrected chi connectivity index (χ4v) is 3.40. The summed E-state index contributed by atoms with van der Waals surface area (Å²) >= 11 is 1.70. The van der Waals surface area contributed by atoms with E-state index in [9.17, 15) is 0 Å². The van der Waals surface area contributed by atoms with Gasteiger partial charge in [-0.15, -0.1) is 11.3 Å². The largest absolute Gasteiger partial charge is 0.459 e. The van der Waals surface area contributed by atoms with Crippen molar-refractivity contribution in [1.82, 2.24) is 4.98 Å². The first-order valence-corrected chi connectivity index (χ1v) is 7.08. The maximum absolute atomic E-state index is 5.88. The summed E-state index contributed by atoms with van der Waals surface area (Å²) in [7, 11) is 0. The van der Waals surface area contributed by atoms with Crippen molar-refractivity contribution < 1.29 is 4.42 Å².